The van der Waals surface area contributed by atoms with Crippen LogP contribution in [0.25, 0.3) is 0 Å². The normalized spacial score (nSPS) is 24.3. The van der Waals surface area contributed by atoms with Crippen molar-refractivity contribution in [2.45, 2.75) is 60.3 Å². The molecule has 1 fully saturated rings. The second kappa shape index (κ2) is 11.1. The van der Waals surface area contributed by atoms with E-state index in [9.17, 15) is 9.90 Å². The lowest BCUT2D eigenvalue weighted by molar-refractivity contribution is -0.121. The summed E-state index contributed by atoms with van der Waals surface area (Å²) in [4.78, 5) is 27.9. The summed E-state index contributed by atoms with van der Waals surface area (Å²) in [7, 11) is 0. The SMILES string of the molecule is C=CC1=C(C)C2=NC1=CC1=NC(=CC3=C(C)C4=C(O)CC(=C5NC(=C2)C(C)C5CCC(=O)NCCN)C4=N3)C(CC)=C1C. The fourth-order valence-electron chi connectivity index (χ4n) is 6.97. The molecular formula is C35H40N6O2. The maximum Gasteiger partial charge on any atom is 0.220 e. The summed E-state index contributed by atoms with van der Waals surface area (Å²) in [6.45, 7) is 15.5. The predicted octanol–water partition coefficient (Wildman–Crippen LogP) is 5.70. The van der Waals surface area contributed by atoms with Crippen molar-refractivity contribution in [2.75, 3.05) is 13.1 Å². The van der Waals surface area contributed by atoms with Gasteiger partial charge in [0.05, 0.1) is 34.2 Å². The molecule has 2 unspecified atom stereocenters. The molecule has 5 heterocycles. The minimum Gasteiger partial charge on any atom is -0.511 e. The van der Waals surface area contributed by atoms with Gasteiger partial charge in [0.25, 0.3) is 0 Å². The van der Waals surface area contributed by atoms with Crippen LogP contribution in [0.3, 0.4) is 0 Å². The van der Waals surface area contributed by atoms with Crippen LogP contribution in [0.5, 0.6) is 0 Å². The first-order chi connectivity index (χ1) is 20.7. The monoisotopic (exact) mass is 576 g/mol. The van der Waals surface area contributed by atoms with Crippen molar-refractivity contribution in [2.24, 2.45) is 32.5 Å². The highest BCUT2D eigenvalue weighted by Gasteiger charge is 2.41. The Morgan fingerprint density at radius 2 is 1.86 bits per heavy atom. The first-order valence-electron chi connectivity index (χ1n) is 15.2. The van der Waals surface area contributed by atoms with E-state index in [1.165, 1.54) is 5.57 Å². The lowest BCUT2D eigenvalue weighted by Crippen LogP contribution is -2.29. The van der Waals surface area contributed by atoms with E-state index < -0.39 is 0 Å². The zero-order chi connectivity index (χ0) is 30.6. The Balaban J connectivity index is 1.54. The van der Waals surface area contributed by atoms with E-state index in [0.717, 1.165) is 85.5 Å². The smallest absolute Gasteiger partial charge is 0.220 e. The number of nitrogens with zero attached hydrogens (tertiary/aromatic N) is 3. The minimum absolute atomic E-state index is 0.00809. The number of allylic oxidation sites excluding steroid dienone is 12. The van der Waals surface area contributed by atoms with Crippen molar-refractivity contribution >= 4 is 23.0 Å². The number of hydrogen-bond acceptors (Lipinski definition) is 7. The van der Waals surface area contributed by atoms with E-state index in [-0.39, 0.29) is 17.7 Å². The second-order valence-corrected chi connectivity index (χ2v) is 11.9. The molecule has 5 N–H and O–H groups in total. The maximum absolute atomic E-state index is 12.6. The van der Waals surface area contributed by atoms with E-state index >= 15 is 0 Å². The van der Waals surface area contributed by atoms with Crippen LogP contribution in [-0.2, 0) is 4.79 Å². The number of hydrogen-bond donors (Lipinski definition) is 4. The van der Waals surface area contributed by atoms with Crippen molar-refractivity contribution in [1.82, 2.24) is 10.6 Å². The molecule has 0 radical (unpaired) electrons. The van der Waals surface area contributed by atoms with Gasteiger partial charge in [0.1, 0.15) is 5.76 Å². The van der Waals surface area contributed by atoms with Crippen molar-refractivity contribution < 1.29 is 9.90 Å². The minimum atomic E-state index is -0.00809. The van der Waals surface area contributed by atoms with Gasteiger partial charge in [-0.05, 0) is 74.1 Å². The van der Waals surface area contributed by atoms with Gasteiger partial charge < -0.3 is 21.5 Å². The number of carbonyl (C=O) groups excluding carboxylic acids is 1. The number of carbonyl (C=O) groups is 1. The summed E-state index contributed by atoms with van der Waals surface area (Å²) in [5.41, 5.74) is 19.9. The highest BCUT2D eigenvalue weighted by atomic mass is 16.3. The highest BCUT2D eigenvalue weighted by Crippen LogP contribution is 2.46. The zero-order valence-corrected chi connectivity index (χ0v) is 25.7. The van der Waals surface area contributed by atoms with Crippen LogP contribution in [-0.4, -0.2) is 41.2 Å². The molecule has 8 heteroatoms. The van der Waals surface area contributed by atoms with Gasteiger partial charge >= 0.3 is 0 Å². The molecule has 0 spiro atoms. The number of aliphatic hydroxyl groups excluding tert-OH is 1. The Morgan fingerprint density at radius 1 is 1.12 bits per heavy atom. The van der Waals surface area contributed by atoms with Crippen molar-refractivity contribution in [1.29, 1.82) is 0 Å². The van der Waals surface area contributed by atoms with Crippen LogP contribution >= 0.6 is 0 Å². The van der Waals surface area contributed by atoms with E-state index in [0.29, 0.717) is 38.1 Å². The fourth-order valence-corrected chi connectivity index (χ4v) is 6.97. The van der Waals surface area contributed by atoms with Crippen molar-refractivity contribution in [3.8, 4) is 0 Å². The molecule has 43 heavy (non-hydrogen) atoms. The van der Waals surface area contributed by atoms with Gasteiger partial charge in [-0.2, -0.15) is 0 Å². The van der Waals surface area contributed by atoms with E-state index in [1.54, 1.807) is 0 Å². The molecule has 2 atom stereocenters. The lowest BCUT2D eigenvalue weighted by atomic mass is 9.86. The lowest BCUT2D eigenvalue weighted by Gasteiger charge is -2.18. The molecule has 6 aliphatic rings. The van der Waals surface area contributed by atoms with Gasteiger partial charge in [-0.15, -0.1) is 0 Å². The second-order valence-electron chi connectivity index (χ2n) is 11.9. The molecule has 1 aliphatic carbocycles. The quantitative estimate of drug-likeness (QED) is 0.310. The number of amides is 1. The molecule has 1 amide bonds. The van der Waals surface area contributed by atoms with Crippen LogP contribution in [0.4, 0.5) is 0 Å². The van der Waals surface area contributed by atoms with Crippen LogP contribution in [0.1, 0.15) is 60.3 Å². The molecule has 1 saturated heterocycles. The van der Waals surface area contributed by atoms with Gasteiger partial charge in [0.2, 0.25) is 5.91 Å². The number of aliphatic imine (C=N–C) groups is 3. The molecule has 5 aliphatic heterocycles. The number of rotatable bonds is 7. The summed E-state index contributed by atoms with van der Waals surface area (Å²) in [6, 6.07) is 0. The first kappa shape index (κ1) is 28.8. The molecule has 8 nitrogen and oxygen atoms in total. The Morgan fingerprint density at radius 3 is 2.58 bits per heavy atom. The predicted molar refractivity (Wildman–Crippen MR) is 174 cm³/mol. The molecular weight excluding hydrogens is 536 g/mol. The Bertz CT molecular complexity index is 1710. The Kier molecular flexibility index (Phi) is 7.42. The summed E-state index contributed by atoms with van der Waals surface area (Å²) < 4.78 is 0. The number of aliphatic hydroxyl groups is 1. The molecule has 6 rings (SSSR count). The third-order valence-corrected chi connectivity index (χ3v) is 9.45. The molecule has 0 aromatic rings. The first-order valence-corrected chi connectivity index (χ1v) is 15.2. The Hall–Kier alpha value is -4.30. The van der Waals surface area contributed by atoms with Gasteiger partial charge in [0, 0.05) is 65.9 Å². The van der Waals surface area contributed by atoms with Gasteiger partial charge in [0.15, 0.2) is 0 Å². The van der Waals surface area contributed by atoms with Crippen LogP contribution in [0.2, 0.25) is 0 Å². The molecule has 222 valence electrons. The Labute approximate surface area is 253 Å². The third-order valence-electron chi connectivity index (χ3n) is 9.45. The largest absolute Gasteiger partial charge is 0.511 e. The molecule has 0 aromatic carbocycles. The van der Waals surface area contributed by atoms with E-state index in [1.807, 2.05) is 13.0 Å². The number of fused-ring (bicyclic) bond motifs is 5. The van der Waals surface area contributed by atoms with Crippen molar-refractivity contribution in [3.63, 3.8) is 0 Å². The molecule has 0 saturated carbocycles. The standard InChI is InChI=1S/C35H40N6O2/c1-7-21-17(3)25-14-27-19(5)23(9-10-32(43)37-12-11-36)34(40-27)24-13-31(42)33-20(6)28(41-35(24)33)16-30-22(8-2)18(4)26(39-30)15-29(21)38-25/h7,14-16,19,23,40,42H,1,8-13,36H2,2-6H3,(H,37,43). The van der Waals surface area contributed by atoms with E-state index in [4.69, 9.17) is 20.7 Å². The fraction of sp³-hybridized carbons (Fsp3) is 0.371. The van der Waals surface area contributed by atoms with Crippen LogP contribution in [0.15, 0.2) is 119 Å². The molecule has 8 bridgehead atoms. The average molecular weight is 577 g/mol. The third kappa shape index (κ3) is 4.74. The summed E-state index contributed by atoms with van der Waals surface area (Å²) >= 11 is 0. The van der Waals surface area contributed by atoms with Gasteiger partial charge in [-0.25, -0.2) is 15.0 Å². The molecule has 0 aromatic heterocycles. The zero-order valence-electron chi connectivity index (χ0n) is 25.7. The summed E-state index contributed by atoms with van der Waals surface area (Å²) in [6.07, 6.45) is 10.4. The summed E-state index contributed by atoms with van der Waals surface area (Å²) in [5.74, 6) is 0.459. The van der Waals surface area contributed by atoms with Gasteiger partial charge in [-0.1, -0.05) is 26.5 Å². The maximum atomic E-state index is 12.6. The van der Waals surface area contributed by atoms with Crippen LogP contribution in [0, 0.1) is 11.8 Å². The number of nitrogens with two attached hydrogens (primary N) is 1. The van der Waals surface area contributed by atoms with Gasteiger partial charge in [-0.3, -0.25) is 4.79 Å². The highest BCUT2D eigenvalue weighted by molar-refractivity contribution is 6.21. The number of nitrogens with one attached hydrogen (secondary N) is 2. The van der Waals surface area contributed by atoms with Crippen molar-refractivity contribution in [3.05, 3.63) is 104 Å². The topological polar surface area (TPSA) is 124 Å². The average Bonchev–Trinajstić information content (AvgIpc) is 3.73. The summed E-state index contributed by atoms with van der Waals surface area (Å²) in [5, 5.41) is 17.9. The van der Waals surface area contributed by atoms with E-state index in [2.05, 4.69) is 63.1 Å². The van der Waals surface area contributed by atoms with Crippen LogP contribution < -0.4 is 16.4 Å².